The van der Waals surface area contributed by atoms with Gasteiger partial charge in [-0.1, -0.05) is 32.4 Å². The minimum absolute atomic E-state index is 0.121. The van der Waals surface area contributed by atoms with Gasteiger partial charge in [0.2, 0.25) is 0 Å². The first-order valence-corrected chi connectivity index (χ1v) is 6.90. The first kappa shape index (κ1) is 13.1. The predicted octanol–water partition coefficient (Wildman–Crippen LogP) is 2.75. The molecule has 0 spiro atoms. The van der Waals surface area contributed by atoms with Crippen LogP contribution in [0.4, 0.5) is 0 Å². The van der Waals surface area contributed by atoms with Crippen LogP contribution in [-0.4, -0.2) is 22.4 Å². The van der Waals surface area contributed by atoms with Crippen LogP contribution in [-0.2, 0) is 0 Å². The number of aliphatic hydroxyl groups excluding tert-OH is 2. The Morgan fingerprint density at radius 2 is 2.00 bits per heavy atom. The molecule has 2 heteroatoms. The van der Waals surface area contributed by atoms with Crippen molar-refractivity contribution in [2.75, 3.05) is 0 Å². The molecule has 98 valence electrons. The van der Waals surface area contributed by atoms with Crippen LogP contribution in [0, 0.1) is 23.2 Å². The van der Waals surface area contributed by atoms with Crippen LogP contribution in [0.1, 0.15) is 47.0 Å². The lowest BCUT2D eigenvalue weighted by Gasteiger charge is -2.53. The number of hydrogen-bond donors (Lipinski definition) is 2. The summed E-state index contributed by atoms with van der Waals surface area (Å²) in [5.41, 5.74) is 1.15. The minimum atomic E-state index is -0.293. The molecule has 5 atom stereocenters. The Bertz CT molecular complexity index is 321. The molecule has 0 aromatic rings. The maximum absolute atomic E-state index is 10.6. The molecule has 0 amide bonds. The lowest BCUT2D eigenvalue weighted by atomic mass is 9.54. The molecule has 2 nitrogen and oxygen atoms in total. The fourth-order valence-corrected chi connectivity index (χ4v) is 4.03. The Labute approximate surface area is 105 Å². The Kier molecular flexibility index (Phi) is 3.39. The minimum Gasteiger partial charge on any atom is -0.392 e. The van der Waals surface area contributed by atoms with Crippen molar-refractivity contribution in [3.63, 3.8) is 0 Å². The third-order valence-electron chi connectivity index (χ3n) is 5.28. The molecule has 0 heterocycles. The van der Waals surface area contributed by atoms with Crippen LogP contribution in [0.25, 0.3) is 0 Å². The highest BCUT2D eigenvalue weighted by Crippen LogP contribution is 2.53. The zero-order valence-electron chi connectivity index (χ0n) is 11.5. The quantitative estimate of drug-likeness (QED) is 0.690. The summed E-state index contributed by atoms with van der Waals surface area (Å²) in [6.07, 6.45) is 4.35. The van der Waals surface area contributed by atoms with Gasteiger partial charge in [0.1, 0.15) is 0 Å². The van der Waals surface area contributed by atoms with Gasteiger partial charge in [-0.25, -0.2) is 0 Å². The zero-order chi connectivity index (χ0) is 12.8. The van der Waals surface area contributed by atoms with Gasteiger partial charge < -0.3 is 10.2 Å². The van der Waals surface area contributed by atoms with Gasteiger partial charge in [-0.3, -0.25) is 0 Å². The van der Waals surface area contributed by atoms with Gasteiger partial charge in [0.05, 0.1) is 12.2 Å². The second-order valence-corrected chi connectivity index (χ2v) is 6.62. The summed E-state index contributed by atoms with van der Waals surface area (Å²) in [6, 6.07) is 0. The first-order chi connectivity index (χ1) is 7.88. The van der Waals surface area contributed by atoms with Gasteiger partial charge in [0, 0.05) is 11.3 Å². The third-order valence-corrected chi connectivity index (χ3v) is 5.28. The van der Waals surface area contributed by atoms with Gasteiger partial charge in [-0.05, 0) is 38.0 Å². The SMILES string of the molecule is CC1=CC[C@H](O)[C@@]2(C)CC[C@@H](C(C)C)[C@@H](O)[C@H]12. The molecular weight excluding hydrogens is 212 g/mol. The van der Waals surface area contributed by atoms with E-state index in [1.165, 1.54) is 5.57 Å². The van der Waals surface area contributed by atoms with E-state index in [0.717, 1.165) is 19.3 Å². The molecule has 0 aliphatic heterocycles. The number of rotatable bonds is 1. The second-order valence-electron chi connectivity index (χ2n) is 6.62. The monoisotopic (exact) mass is 238 g/mol. The fraction of sp³-hybridized carbons (Fsp3) is 0.867. The summed E-state index contributed by atoms with van der Waals surface area (Å²) in [5.74, 6) is 1.04. The molecule has 0 aromatic heterocycles. The first-order valence-electron chi connectivity index (χ1n) is 6.90. The molecule has 0 saturated heterocycles. The summed E-state index contributed by atoms with van der Waals surface area (Å²) >= 11 is 0. The van der Waals surface area contributed by atoms with Crippen molar-refractivity contribution in [3.8, 4) is 0 Å². The van der Waals surface area contributed by atoms with Crippen LogP contribution in [0.5, 0.6) is 0 Å². The molecule has 1 saturated carbocycles. The summed E-state index contributed by atoms with van der Waals surface area (Å²) in [4.78, 5) is 0. The third kappa shape index (κ3) is 1.96. The smallest absolute Gasteiger partial charge is 0.0642 e. The van der Waals surface area contributed by atoms with E-state index in [1.807, 2.05) is 0 Å². The lowest BCUT2D eigenvalue weighted by Crippen LogP contribution is -2.53. The average molecular weight is 238 g/mol. The van der Waals surface area contributed by atoms with E-state index in [2.05, 4.69) is 33.8 Å². The molecule has 1 fully saturated rings. The zero-order valence-corrected chi connectivity index (χ0v) is 11.5. The lowest BCUT2D eigenvalue weighted by molar-refractivity contribution is -0.111. The van der Waals surface area contributed by atoms with Gasteiger partial charge >= 0.3 is 0 Å². The summed E-state index contributed by atoms with van der Waals surface area (Å²) < 4.78 is 0. The van der Waals surface area contributed by atoms with Gasteiger partial charge in [-0.15, -0.1) is 0 Å². The van der Waals surface area contributed by atoms with E-state index in [4.69, 9.17) is 0 Å². The standard InChI is InChI=1S/C15H26O2/c1-9(2)11-7-8-15(4)12(16)6-5-10(3)13(15)14(11)17/h5,9,11-14,16-17H,6-8H2,1-4H3/t11-,12-,13-,14+,15+/m0/s1. The van der Waals surface area contributed by atoms with E-state index in [-0.39, 0.29) is 23.5 Å². The number of hydrogen-bond acceptors (Lipinski definition) is 2. The van der Waals surface area contributed by atoms with Crippen molar-refractivity contribution in [1.29, 1.82) is 0 Å². The molecule has 2 aliphatic carbocycles. The van der Waals surface area contributed by atoms with Crippen molar-refractivity contribution >= 4 is 0 Å². The van der Waals surface area contributed by atoms with Gasteiger partial charge in [-0.2, -0.15) is 0 Å². The Balaban J connectivity index is 2.33. The maximum Gasteiger partial charge on any atom is 0.0642 e. The topological polar surface area (TPSA) is 40.5 Å². The highest BCUT2D eigenvalue weighted by atomic mass is 16.3. The number of fused-ring (bicyclic) bond motifs is 1. The molecule has 2 N–H and O–H groups in total. The molecule has 2 rings (SSSR count). The molecule has 17 heavy (non-hydrogen) atoms. The van der Waals surface area contributed by atoms with Crippen LogP contribution in [0.15, 0.2) is 11.6 Å². The van der Waals surface area contributed by atoms with Gasteiger partial charge in [0.15, 0.2) is 0 Å². The van der Waals surface area contributed by atoms with Crippen molar-refractivity contribution in [2.24, 2.45) is 23.2 Å². The highest BCUT2D eigenvalue weighted by Gasteiger charge is 2.51. The van der Waals surface area contributed by atoms with Crippen molar-refractivity contribution in [1.82, 2.24) is 0 Å². The second kappa shape index (κ2) is 4.40. The van der Waals surface area contributed by atoms with Crippen LogP contribution in [0.3, 0.4) is 0 Å². The summed E-state index contributed by atoms with van der Waals surface area (Å²) in [5, 5.41) is 20.9. The van der Waals surface area contributed by atoms with Crippen molar-refractivity contribution in [2.45, 2.75) is 59.2 Å². The van der Waals surface area contributed by atoms with Crippen LogP contribution < -0.4 is 0 Å². The van der Waals surface area contributed by atoms with Crippen LogP contribution >= 0.6 is 0 Å². The number of aliphatic hydroxyl groups is 2. The van der Waals surface area contributed by atoms with E-state index in [1.54, 1.807) is 0 Å². The van der Waals surface area contributed by atoms with E-state index in [0.29, 0.717) is 11.8 Å². The van der Waals surface area contributed by atoms with Gasteiger partial charge in [0.25, 0.3) is 0 Å². The van der Waals surface area contributed by atoms with E-state index < -0.39 is 0 Å². The maximum atomic E-state index is 10.6. The molecule has 0 bridgehead atoms. The Morgan fingerprint density at radius 1 is 1.35 bits per heavy atom. The predicted molar refractivity (Wildman–Crippen MR) is 69.5 cm³/mol. The normalized spacial score (nSPS) is 46.6. The fourth-order valence-electron chi connectivity index (χ4n) is 4.03. The molecule has 0 aromatic carbocycles. The van der Waals surface area contributed by atoms with E-state index >= 15 is 0 Å². The molecular formula is C15H26O2. The molecule has 2 aliphatic rings. The van der Waals surface area contributed by atoms with E-state index in [9.17, 15) is 10.2 Å². The Morgan fingerprint density at radius 3 is 2.59 bits per heavy atom. The Hall–Kier alpha value is -0.340. The average Bonchev–Trinajstić information content (AvgIpc) is 2.23. The highest BCUT2D eigenvalue weighted by molar-refractivity contribution is 5.20. The van der Waals surface area contributed by atoms with Crippen LogP contribution in [0.2, 0.25) is 0 Å². The molecule has 0 radical (unpaired) electrons. The molecule has 0 unspecified atom stereocenters. The van der Waals surface area contributed by atoms with Crippen molar-refractivity contribution in [3.05, 3.63) is 11.6 Å². The largest absolute Gasteiger partial charge is 0.392 e. The summed E-state index contributed by atoms with van der Waals surface area (Å²) in [6.45, 7) is 8.64. The summed E-state index contributed by atoms with van der Waals surface area (Å²) in [7, 11) is 0. The van der Waals surface area contributed by atoms with Crippen molar-refractivity contribution < 1.29 is 10.2 Å².